The highest BCUT2D eigenvalue weighted by Gasteiger charge is 2.33. The molecule has 0 aliphatic rings. The Kier molecular flexibility index (Phi) is 14.7. The van der Waals surface area contributed by atoms with E-state index in [2.05, 4.69) is 16.0 Å². The van der Waals surface area contributed by atoms with Crippen molar-refractivity contribution in [3.8, 4) is 5.75 Å². The van der Waals surface area contributed by atoms with Crippen molar-refractivity contribution < 1.29 is 63.9 Å². The topological polar surface area (TPSA) is 312 Å². The monoisotopic (exact) mass is 625 g/mol. The van der Waals surface area contributed by atoms with E-state index in [0.717, 1.165) is 0 Å². The number of carboxylic acid groups (broad SMARTS) is 4. The summed E-state index contributed by atoms with van der Waals surface area (Å²) in [6.07, 6.45) is -3.64. The normalized spacial score (nSPS) is 14.0. The minimum Gasteiger partial charge on any atom is -0.508 e. The SMILES string of the molecule is C[C@H](N)C(=O)N[C@@H](Cc1ccc(O)cc1)C(=O)N[C@@H](CCC(=O)O)C(=O)N[C@@H](CC(=O)O)C(=O)N[C@@H](CCC(=O)O)C(=O)O. The molecule has 0 aromatic heterocycles. The number of phenols is 1. The Balaban J connectivity index is 3.23. The number of phenolic OH excluding ortho intramolecular Hbond substituents is 1. The second kappa shape index (κ2) is 17.6. The number of hydrogen-bond acceptors (Lipinski definition) is 10. The van der Waals surface area contributed by atoms with Gasteiger partial charge in [-0.3, -0.25) is 33.6 Å². The number of nitrogens with one attached hydrogen (secondary N) is 4. The molecular formula is C26H35N5O13. The molecule has 0 unspecified atom stereocenters. The van der Waals surface area contributed by atoms with Gasteiger partial charge in [0.1, 0.15) is 29.9 Å². The summed E-state index contributed by atoms with van der Waals surface area (Å²) < 4.78 is 0. The lowest BCUT2D eigenvalue weighted by Crippen LogP contribution is -2.59. The molecule has 242 valence electrons. The Labute approximate surface area is 250 Å². The highest BCUT2D eigenvalue weighted by atomic mass is 16.4. The van der Waals surface area contributed by atoms with E-state index in [-0.39, 0.29) is 12.2 Å². The van der Waals surface area contributed by atoms with Crippen LogP contribution in [0.25, 0.3) is 0 Å². The second-order valence-corrected chi connectivity index (χ2v) is 9.70. The van der Waals surface area contributed by atoms with Gasteiger partial charge in [0.25, 0.3) is 0 Å². The Morgan fingerprint density at radius 2 is 1.07 bits per heavy atom. The fourth-order valence-electron chi connectivity index (χ4n) is 3.64. The molecule has 18 nitrogen and oxygen atoms in total. The maximum absolute atomic E-state index is 13.2. The first-order valence-electron chi connectivity index (χ1n) is 13.1. The third-order valence-electron chi connectivity index (χ3n) is 5.98. The standard InChI is InChI=1S/C26H35N5O13/c1-12(27)22(39)30-17(10-13-2-4-14(32)5-3-13)24(41)28-15(6-8-19(33)34)23(40)31-18(11-21(37)38)25(42)29-16(26(43)44)7-9-20(35)36/h2-5,12,15-18,32H,6-11,27H2,1H3,(H,28,41)(H,29,42)(H,30,39)(H,31,40)(H,33,34)(H,35,36)(H,37,38)(H,43,44)/t12-,15-,16-,17-,18-/m0/s1. The number of carboxylic acids is 4. The predicted octanol–water partition coefficient (Wildman–Crippen LogP) is -2.49. The summed E-state index contributed by atoms with van der Waals surface area (Å²) >= 11 is 0. The van der Waals surface area contributed by atoms with Crippen LogP contribution in [0.3, 0.4) is 0 Å². The third-order valence-corrected chi connectivity index (χ3v) is 5.98. The number of amides is 4. The molecule has 0 aliphatic heterocycles. The summed E-state index contributed by atoms with van der Waals surface area (Å²) in [5.41, 5.74) is 6.05. The lowest BCUT2D eigenvalue weighted by molar-refractivity contribution is -0.144. The number of rotatable bonds is 19. The maximum Gasteiger partial charge on any atom is 0.326 e. The minimum atomic E-state index is -1.92. The summed E-state index contributed by atoms with van der Waals surface area (Å²) in [4.78, 5) is 96.3. The summed E-state index contributed by atoms with van der Waals surface area (Å²) in [6.45, 7) is 1.35. The van der Waals surface area contributed by atoms with Gasteiger partial charge in [-0.05, 0) is 37.5 Å². The van der Waals surface area contributed by atoms with Crippen molar-refractivity contribution in [3.05, 3.63) is 29.8 Å². The van der Waals surface area contributed by atoms with E-state index in [9.17, 15) is 53.7 Å². The van der Waals surface area contributed by atoms with Crippen LogP contribution in [0.2, 0.25) is 0 Å². The zero-order valence-electron chi connectivity index (χ0n) is 23.5. The first-order valence-corrected chi connectivity index (χ1v) is 13.1. The summed E-state index contributed by atoms with van der Waals surface area (Å²) in [7, 11) is 0. The largest absolute Gasteiger partial charge is 0.508 e. The number of aromatic hydroxyl groups is 1. The van der Waals surface area contributed by atoms with Crippen LogP contribution in [0.4, 0.5) is 0 Å². The lowest BCUT2D eigenvalue weighted by Gasteiger charge is -2.26. The van der Waals surface area contributed by atoms with Crippen LogP contribution in [-0.4, -0.2) is 103 Å². The number of carbonyl (C=O) groups excluding carboxylic acids is 4. The first kappa shape index (κ1) is 36.8. The van der Waals surface area contributed by atoms with Gasteiger partial charge in [-0.1, -0.05) is 12.1 Å². The predicted molar refractivity (Wildman–Crippen MR) is 147 cm³/mol. The van der Waals surface area contributed by atoms with Crippen molar-refractivity contribution in [2.45, 2.75) is 75.7 Å². The van der Waals surface area contributed by atoms with Crippen molar-refractivity contribution in [2.75, 3.05) is 0 Å². The minimum absolute atomic E-state index is 0.0729. The molecule has 0 spiro atoms. The molecular weight excluding hydrogens is 590 g/mol. The fraction of sp³-hybridized carbons (Fsp3) is 0.462. The van der Waals surface area contributed by atoms with Crippen molar-refractivity contribution in [3.63, 3.8) is 0 Å². The molecule has 1 aromatic rings. The second-order valence-electron chi connectivity index (χ2n) is 9.70. The smallest absolute Gasteiger partial charge is 0.326 e. The van der Waals surface area contributed by atoms with Crippen molar-refractivity contribution in [2.24, 2.45) is 5.73 Å². The number of nitrogens with two attached hydrogens (primary N) is 1. The first-order chi connectivity index (χ1) is 20.5. The van der Waals surface area contributed by atoms with Gasteiger partial charge in [0.05, 0.1) is 12.5 Å². The fourth-order valence-corrected chi connectivity index (χ4v) is 3.64. The van der Waals surface area contributed by atoms with Gasteiger partial charge in [0.15, 0.2) is 0 Å². The van der Waals surface area contributed by atoms with Crippen LogP contribution in [0.5, 0.6) is 5.75 Å². The number of hydrogen-bond donors (Lipinski definition) is 10. The molecule has 0 heterocycles. The summed E-state index contributed by atoms with van der Waals surface area (Å²) in [6, 6.07) is -2.19. The number of carbonyl (C=O) groups is 8. The van der Waals surface area contributed by atoms with Crippen LogP contribution < -0.4 is 27.0 Å². The summed E-state index contributed by atoms with van der Waals surface area (Å²) in [5, 5.41) is 54.7. The van der Waals surface area contributed by atoms with Gasteiger partial charge in [-0.2, -0.15) is 0 Å². The molecule has 11 N–H and O–H groups in total. The molecule has 1 rings (SSSR count). The Bertz CT molecular complexity index is 1240. The number of benzene rings is 1. The lowest BCUT2D eigenvalue weighted by atomic mass is 10.0. The summed E-state index contributed by atoms with van der Waals surface area (Å²) in [5.74, 6) is -10.3. The van der Waals surface area contributed by atoms with Gasteiger partial charge in [0, 0.05) is 19.3 Å². The molecule has 0 saturated heterocycles. The molecule has 0 aliphatic carbocycles. The molecule has 18 heteroatoms. The average molecular weight is 626 g/mol. The van der Waals surface area contributed by atoms with Crippen molar-refractivity contribution >= 4 is 47.5 Å². The Morgan fingerprint density at radius 3 is 1.55 bits per heavy atom. The van der Waals surface area contributed by atoms with Crippen molar-refractivity contribution in [1.82, 2.24) is 21.3 Å². The van der Waals surface area contributed by atoms with Gasteiger partial charge in [-0.25, -0.2) is 4.79 Å². The highest BCUT2D eigenvalue weighted by Crippen LogP contribution is 2.12. The van der Waals surface area contributed by atoms with Crippen LogP contribution in [0, 0.1) is 0 Å². The van der Waals surface area contributed by atoms with E-state index >= 15 is 0 Å². The molecule has 0 saturated carbocycles. The van der Waals surface area contributed by atoms with Crippen LogP contribution in [-0.2, 0) is 44.8 Å². The van der Waals surface area contributed by atoms with E-state index in [4.69, 9.17) is 15.9 Å². The zero-order chi connectivity index (χ0) is 33.6. The van der Waals surface area contributed by atoms with E-state index < -0.39 is 110 Å². The van der Waals surface area contributed by atoms with Crippen LogP contribution in [0.15, 0.2) is 24.3 Å². The molecule has 5 atom stereocenters. The number of aliphatic carboxylic acids is 4. The van der Waals surface area contributed by atoms with E-state index in [1.54, 1.807) is 0 Å². The Morgan fingerprint density at radius 1 is 0.636 bits per heavy atom. The van der Waals surface area contributed by atoms with E-state index in [0.29, 0.717) is 5.56 Å². The molecule has 0 radical (unpaired) electrons. The van der Waals surface area contributed by atoms with Gasteiger partial charge < -0.3 is 52.5 Å². The third kappa shape index (κ3) is 13.6. The molecule has 1 aromatic carbocycles. The van der Waals surface area contributed by atoms with E-state index in [1.807, 2.05) is 5.32 Å². The zero-order valence-corrected chi connectivity index (χ0v) is 23.5. The molecule has 4 amide bonds. The maximum atomic E-state index is 13.2. The average Bonchev–Trinajstić information content (AvgIpc) is 2.92. The molecule has 0 fully saturated rings. The van der Waals surface area contributed by atoms with Crippen LogP contribution in [0.1, 0.15) is 44.6 Å². The molecule has 44 heavy (non-hydrogen) atoms. The van der Waals surface area contributed by atoms with Gasteiger partial charge in [0.2, 0.25) is 23.6 Å². The van der Waals surface area contributed by atoms with Crippen molar-refractivity contribution in [1.29, 1.82) is 0 Å². The quantitative estimate of drug-likeness (QED) is 0.0761. The molecule has 0 bridgehead atoms. The highest BCUT2D eigenvalue weighted by molar-refractivity contribution is 5.96. The van der Waals surface area contributed by atoms with E-state index in [1.165, 1.54) is 31.2 Å². The van der Waals surface area contributed by atoms with Gasteiger partial charge >= 0.3 is 23.9 Å². The van der Waals surface area contributed by atoms with Crippen LogP contribution >= 0.6 is 0 Å². The Hall–Kier alpha value is -5.26. The van der Waals surface area contributed by atoms with Gasteiger partial charge in [-0.15, -0.1) is 0 Å².